The average Bonchev–Trinajstić information content (AvgIpc) is 2.67. The number of hydrogen-bond donors (Lipinski definition) is 1. The van der Waals surface area contributed by atoms with Gasteiger partial charge in [-0.25, -0.2) is 0 Å². The molecule has 1 saturated heterocycles. The van der Waals surface area contributed by atoms with Crippen LogP contribution in [0.25, 0.3) is 0 Å². The predicted octanol–water partition coefficient (Wildman–Crippen LogP) is 4.19. The van der Waals surface area contributed by atoms with E-state index >= 15 is 0 Å². The Bertz CT molecular complexity index is 973. The fraction of sp³-hybridized carbons (Fsp3) is 0.318. The Labute approximate surface area is 177 Å². The lowest BCUT2D eigenvalue weighted by Gasteiger charge is -2.35. The van der Waals surface area contributed by atoms with Crippen LogP contribution in [0, 0.1) is 11.8 Å². The molecule has 0 radical (unpaired) electrons. The van der Waals surface area contributed by atoms with E-state index in [0.717, 1.165) is 0 Å². The second-order valence-corrected chi connectivity index (χ2v) is 7.44. The minimum Gasteiger partial charge on any atom is -0.405 e. The zero-order valence-electron chi connectivity index (χ0n) is 15.9. The van der Waals surface area contributed by atoms with E-state index in [4.69, 9.17) is 11.6 Å². The third-order valence-corrected chi connectivity index (χ3v) is 4.98. The Kier molecular flexibility index (Phi) is 6.59. The van der Waals surface area contributed by atoms with Crippen molar-refractivity contribution in [2.24, 2.45) is 0 Å². The molecular formula is C22H19ClF3NO3. The minimum atomic E-state index is -4.83. The number of likely N-dealkylation sites (tertiary alicyclic amines) is 1. The lowest BCUT2D eigenvalue weighted by atomic mass is 9.91. The van der Waals surface area contributed by atoms with Gasteiger partial charge in [-0.2, -0.15) is 0 Å². The third-order valence-electron chi connectivity index (χ3n) is 4.75. The number of amides is 1. The first-order valence-corrected chi connectivity index (χ1v) is 9.64. The molecule has 30 heavy (non-hydrogen) atoms. The first-order valence-electron chi connectivity index (χ1n) is 9.26. The Morgan fingerprint density at radius 3 is 2.53 bits per heavy atom. The molecule has 1 fully saturated rings. The Balaban J connectivity index is 1.61. The molecule has 0 bridgehead atoms. The number of piperidine rings is 1. The standard InChI is InChI=1S/C22H19ClF3NO3/c23-18-6-3-4-16(14-18)8-9-21(29)10-12-27(13-11-21)20(28)15-17-5-1-2-7-19(17)30-22(24,25)26/h1-7,14,29H,10-13,15H2. The van der Waals surface area contributed by atoms with Gasteiger partial charge in [-0.3, -0.25) is 4.79 Å². The van der Waals surface area contributed by atoms with Gasteiger partial charge in [-0.1, -0.05) is 47.7 Å². The quantitative estimate of drug-likeness (QED) is 0.733. The molecule has 1 heterocycles. The van der Waals surface area contributed by atoms with E-state index in [1.807, 2.05) is 0 Å². The molecule has 158 valence electrons. The molecule has 2 aromatic rings. The van der Waals surface area contributed by atoms with Crippen LogP contribution in [0.5, 0.6) is 5.75 Å². The molecule has 1 N–H and O–H groups in total. The lowest BCUT2D eigenvalue weighted by molar-refractivity contribution is -0.274. The highest BCUT2D eigenvalue weighted by atomic mass is 35.5. The summed E-state index contributed by atoms with van der Waals surface area (Å²) in [6.07, 6.45) is -4.57. The summed E-state index contributed by atoms with van der Waals surface area (Å²) in [5.74, 6) is 5.02. The molecule has 3 rings (SSSR count). The number of nitrogens with zero attached hydrogens (tertiary/aromatic N) is 1. The molecule has 0 atom stereocenters. The van der Waals surface area contributed by atoms with Gasteiger partial charge in [0.25, 0.3) is 0 Å². The maximum atomic E-state index is 12.6. The first kappa shape index (κ1) is 22.0. The van der Waals surface area contributed by atoms with Crippen molar-refractivity contribution in [1.29, 1.82) is 0 Å². The van der Waals surface area contributed by atoms with Gasteiger partial charge in [0.2, 0.25) is 5.91 Å². The third kappa shape index (κ3) is 6.15. The van der Waals surface area contributed by atoms with E-state index in [1.165, 1.54) is 23.1 Å². The average molecular weight is 438 g/mol. The molecule has 0 saturated carbocycles. The number of ether oxygens (including phenoxy) is 1. The Morgan fingerprint density at radius 1 is 1.17 bits per heavy atom. The number of hydrogen-bond acceptors (Lipinski definition) is 3. The monoisotopic (exact) mass is 437 g/mol. The first-order chi connectivity index (χ1) is 14.1. The highest BCUT2D eigenvalue weighted by molar-refractivity contribution is 6.30. The number of halogens is 4. The largest absolute Gasteiger partial charge is 0.573 e. The summed E-state index contributed by atoms with van der Waals surface area (Å²) in [4.78, 5) is 14.1. The number of carbonyl (C=O) groups excluding carboxylic acids is 1. The predicted molar refractivity (Wildman–Crippen MR) is 106 cm³/mol. The van der Waals surface area contributed by atoms with Gasteiger partial charge in [0.15, 0.2) is 0 Å². The fourth-order valence-electron chi connectivity index (χ4n) is 3.15. The number of aliphatic hydroxyl groups is 1. The minimum absolute atomic E-state index is 0.154. The van der Waals surface area contributed by atoms with Gasteiger partial charge in [0, 0.05) is 42.1 Å². The van der Waals surface area contributed by atoms with Crippen LogP contribution in [0.3, 0.4) is 0 Å². The van der Waals surface area contributed by atoms with Gasteiger partial charge in [-0.05, 0) is 24.3 Å². The topological polar surface area (TPSA) is 49.8 Å². The van der Waals surface area contributed by atoms with Crippen molar-refractivity contribution < 1.29 is 27.8 Å². The van der Waals surface area contributed by atoms with Gasteiger partial charge < -0.3 is 14.7 Å². The van der Waals surface area contributed by atoms with Crippen LogP contribution in [0.4, 0.5) is 13.2 Å². The molecule has 0 aliphatic carbocycles. The molecule has 2 aromatic carbocycles. The lowest BCUT2D eigenvalue weighted by Crippen LogP contribution is -2.46. The van der Waals surface area contributed by atoms with Crippen LogP contribution in [0.1, 0.15) is 24.0 Å². The molecule has 1 aliphatic heterocycles. The van der Waals surface area contributed by atoms with E-state index in [0.29, 0.717) is 10.6 Å². The fourth-order valence-corrected chi connectivity index (χ4v) is 3.34. The Morgan fingerprint density at radius 2 is 1.87 bits per heavy atom. The second kappa shape index (κ2) is 8.99. The van der Waals surface area contributed by atoms with Crippen molar-refractivity contribution in [3.05, 3.63) is 64.7 Å². The summed E-state index contributed by atoms with van der Waals surface area (Å²) in [6, 6.07) is 12.5. The molecule has 0 spiro atoms. The molecular weight excluding hydrogens is 419 g/mol. The van der Waals surface area contributed by atoms with Crippen molar-refractivity contribution >= 4 is 17.5 Å². The normalized spacial score (nSPS) is 15.8. The van der Waals surface area contributed by atoms with E-state index in [2.05, 4.69) is 16.6 Å². The van der Waals surface area contributed by atoms with Crippen molar-refractivity contribution in [3.63, 3.8) is 0 Å². The number of rotatable bonds is 3. The van der Waals surface area contributed by atoms with Crippen LogP contribution in [0.2, 0.25) is 5.02 Å². The zero-order valence-corrected chi connectivity index (χ0v) is 16.6. The summed E-state index contributed by atoms with van der Waals surface area (Å²) in [7, 11) is 0. The maximum absolute atomic E-state index is 12.6. The summed E-state index contributed by atoms with van der Waals surface area (Å²) in [6.45, 7) is 0.504. The van der Waals surface area contributed by atoms with E-state index in [9.17, 15) is 23.1 Å². The van der Waals surface area contributed by atoms with Crippen molar-refractivity contribution in [3.8, 4) is 17.6 Å². The van der Waals surface area contributed by atoms with Crippen molar-refractivity contribution in [2.45, 2.75) is 31.2 Å². The number of para-hydroxylation sites is 1. The highest BCUT2D eigenvalue weighted by Gasteiger charge is 2.34. The van der Waals surface area contributed by atoms with Crippen LogP contribution in [-0.4, -0.2) is 41.0 Å². The van der Waals surface area contributed by atoms with Crippen LogP contribution < -0.4 is 4.74 Å². The summed E-state index contributed by atoms with van der Waals surface area (Å²) in [5, 5.41) is 11.2. The van der Waals surface area contributed by atoms with Crippen LogP contribution >= 0.6 is 11.6 Å². The van der Waals surface area contributed by atoms with Crippen LogP contribution in [0.15, 0.2) is 48.5 Å². The molecule has 1 aliphatic rings. The smallest absolute Gasteiger partial charge is 0.405 e. The highest BCUT2D eigenvalue weighted by Crippen LogP contribution is 2.28. The number of carbonyl (C=O) groups is 1. The summed E-state index contributed by atoms with van der Waals surface area (Å²) in [5.41, 5.74) is -0.409. The van der Waals surface area contributed by atoms with Crippen molar-refractivity contribution in [1.82, 2.24) is 4.90 Å². The zero-order chi connectivity index (χ0) is 21.8. The Hall–Kier alpha value is -2.69. The van der Waals surface area contributed by atoms with Crippen molar-refractivity contribution in [2.75, 3.05) is 13.1 Å². The molecule has 0 unspecified atom stereocenters. The van der Waals surface area contributed by atoms with Gasteiger partial charge in [0.1, 0.15) is 11.4 Å². The number of benzene rings is 2. The van der Waals surface area contributed by atoms with E-state index in [-0.39, 0.29) is 49.6 Å². The maximum Gasteiger partial charge on any atom is 0.573 e. The van der Waals surface area contributed by atoms with Gasteiger partial charge >= 0.3 is 6.36 Å². The molecule has 0 aromatic heterocycles. The van der Waals surface area contributed by atoms with Gasteiger partial charge in [-0.15, -0.1) is 13.2 Å². The second-order valence-electron chi connectivity index (χ2n) is 7.01. The van der Waals surface area contributed by atoms with Gasteiger partial charge in [0.05, 0.1) is 6.42 Å². The summed E-state index contributed by atoms with van der Waals surface area (Å²) < 4.78 is 41.6. The SMILES string of the molecule is O=C(Cc1ccccc1OC(F)(F)F)N1CCC(O)(C#Cc2cccc(Cl)c2)CC1. The van der Waals surface area contributed by atoms with Crippen LogP contribution in [-0.2, 0) is 11.2 Å². The summed E-state index contributed by atoms with van der Waals surface area (Å²) >= 11 is 5.92. The molecule has 4 nitrogen and oxygen atoms in total. The molecule has 1 amide bonds. The van der Waals surface area contributed by atoms with E-state index in [1.54, 1.807) is 30.3 Å². The number of alkyl halides is 3. The van der Waals surface area contributed by atoms with E-state index < -0.39 is 12.0 Å². The molecule has 8 heteroatoms.